The number of benzene rings is 1. The molecule has 0 radical (unpaired) electrons. The maximum absolute atomic E-state index is 11.9. The van der Waals surface area contributed by atoms with Crippen LogP contribution in [0.3, 0.4) is 0 Å². The topological polar surface area (TPSA) is 46.3 Å². The first-order chi connectivity index (χ1) is 7.31. The van der Waals surface area contributed by atoms with Crippen LogP contribution in [-0.2, 0) is 11.3 Å². The van der Waals surface area contributed by atoms with Gasteiger partial charge in [0, 0.05) is 24.2 Å². The third-order valence-electron chi connectivity index (χ3n) is 3.54. The van der Waals surface area contributed by atoms with Gasteiger partial charge in [0.05, 0.1) is 0 Å². The first-order valence-electron chi connectivity index (χ1n) is 5.42. The molecule has 1 aromatic rings. The van der Waals surface area contributed by atoms with Gasteiger partial charge >= 0.3 is 0 Å². The number of amides is 1. The highest BCUT2D eigenvalue weighted by molar-refractivity contribution is 6.01. The van der Waals surface area contributed by atoms with Gasteiger partial charge in [0.25, 0.3) is 0 Å². The highest BCUT2D eigenvalue weighted by Gasteiger charge is 2.50. The van der Waals surface area contributed by atoms with Crippen molar-refractivity contribution in [3.8, 4) is 0 Å². The van der Waals surface area contributed by atoms with Gasteiger partial charge in [0.2, 0.25) is 5.91 Å². The second-order valence-corrected chi connectivity index (χ2v) is 4.36. The number of anilines is 1. The summed E-state index contributed by atoms with van der Waals surface area (Å²) >= 11 is 0. The fraction of sp³-hybridized carbons (Fsp3) is 0.417. The molecule has 0 atom stereocenters. The predicted molar refractivity (Wildman–Crippen MR) is 58.3 cm³/mol. The van der Waals surface area contributed by atoms with Crippen LogP contribution in [-0.4, -0.2) is 11.9 Å². The Hall–Kier alpha value is -1.35. The molecule has 2 N–H and O–H groups in total. The fourth-order valence-electron chi connectivity index (χ4n) is 2.61. The van der Waals surface area contributed by atoms with Crippen molar-refractivity contribution in [2.24, 2.45) is 11.7 Å². The molecule has 4 rings (SSSR count). The lowest BCUT2D eigenvalue weighted by molar-refractivity contribution is -0.119. The number of carbonyl (C=O) groups is 1. The summed E-state index contributed by atoms with van der Waals surface area (Å²) in [6.45, 7) is 0.497. The van der Waals surface area contributed by atoms with Crippen LogP contribution >= 0.6 is 0 Å². The molecule has 1 aromatic carbocycles. The maximum atomic E-state index is 11.9. The highest BCUT2D eigenvalue weighted by Crippen LogP contribution is 2.45. The molecule has 1 saturated carbocycles. The average molecular weight is 202 g/mol. The highest BCUT2D eigenvalue weighted by atomic mass is 16.2. The van der Waals surface area contributed by atoms with E-state index in [0.717, 1.165) is 24.1 Å². The first kappa shape index (κ1) is 8.92. The molecule has 3 nitrogen and oxygen atoms in total. The normalized spacial score (nSPS) is 28.1. The van der Waals surface area contributed by atoms with E-state index in [2.05, 4.69) is 0 Å². The van der Waals surface area contributed by atoms with Crippen LogP contribution in [0.2, 0.25) is 0 Å². The van der Waals surface area contributed by atoms with E-state index in [1.165, 1.54) is 0 Å². The molecule has 2 bridgehead atoms. The minimum absolute atomic E-state index is 0.292. The van der Waals surface area contributed by atoms with Crippen LogP contribution in [0, 0.1) is 5.92 Å². The van der Waals surface area contributed by atoms with E-state index in [1.54, 1.807) is 0 Å². The molecule has 1 amide bonds. The van der Waals surface area contributed by atoms with Crippen molar-refractivity contribution in [3.05, 3.63) is 29.8 Å². The van der Waals surface area contributed by atoms with Crippen LogP contribution in [0.5, 0.6) is 0 Å². The van der Waals surface area contributed by atoms with E-state index >= 15 is 0 Å². The molecule has 0 spiro atoms. The summed E-state index contributed by atoms with van der Waals surface area (Å²) in [6.07, 6.45) is 2.08. The SMILES string of the molecule is NCc1ccccc1N1C(=O)C2CC1C2. The van der Waals surface area contributed by atoms with Crippen molar-refractivity contribution < 1.29 is 4.79 Å². The third kappa shape index (κ3) is 1.13. The molecular weight excluding hydrogens is 188 g/mol. The molecule has 3 aliphatic rings. The lowest BCUT2D eigenvalue weighted by Gasteiger charge is -2.26. The average Bonchev–Trinajstić information content (AvgIpc) is 2.68. The molecule has 15 heavy (non-hydrogen) atoms. The Labute approximate surface area is 88.9 Å². The number of hydrogen-bond acceptors (Lipinski definition) is 2. The van der Waals surface area contributed by atoms with E-state index in [0.29, 0.717) is 24.4 Å². The van der Waals surface area contributed by atoms with Crippen molar-refractivity contribution >= 4 is 11.6 Å². The van der Waals surface area contributed by atoms with Crippen LogP contribution < -0.4 is 10.6 Å². The Kier molecular flexibility index (Phi) is 1.83. The van der Waals surface area contributed by atoms with Gasteiger partial charge in [-0.15, -0.1) is 0 Å². The van der Waals surface area contributed by atoms with Crippen LogP contribution in [0.15, 0.2) is 24.3 Å². The lowest BCUT2D eigenvalue weighted by atomic mass is 9.86. The van der Waals surface area contributed by atoms with Crippen molar-refractivity contribution in [3.63, 3.8) is 0 Å². The molecule has 78 valence electrons. The quantitative estimate of drug-likeness (QED) is 0.785. The summed E-state index contributed by atoms with van der Waals surface area (Å²) in [5.41, 5.74) is 7.78. The van der Waals surface area contributed by atoms with E-state index in [9.17, 15) is 4.79 Å². The van der Waals surface area contributed by atoms with Gasteiger partial charge in [0.15, 0.2) is 0 Å². The summed E-state index contributed by atoms with van der Waals surface area (Å²) in [7, 11) is 0. The van der Waals surface area contributed by atoms with Crippen LogP contribution in [0.1, 0.15) is 18.4 Å². The molecule has 3 fully saturated rings. The molecule has 2 heterocycles. The Morgan fingerprint density at radius 1 is 1.33 bits per heavy atom. The number of carbonyl (C=O) groups excluding carboxylic acids is 1. The van der Waals surface area contributed by atoms with Crippen LogP contribution in [0.4, 0.5) is 5.69 Å². The summed E-state index contributed by atoms with van der Waals surface area (Å²) in [5.74, 6) is 0.585. The van der Waals surface area contributed by atoms with Gasteiger partial charge in [-0.05, 0) is 24.5 Å². The zero-order chi connectivity index (χ0) is 10.4. The Bertz CT molecular complexity index is 410. The molecule has 2 aliphatic heterocycles. The van der Waals surface area contributed by atoms with Crippen molar-refractivity contribution in [2.45, 2.75) is 25.4 Å². The second-order valence-electron chi connectivity index (χ2n) is 4.36. The summed E-state index contributed by atoms with van der Waals surface area (Å²) in [6, 6.07) is 8.38. The molecule has 0 aromatic heterocycles. The number of para-hydroxylation sites is 1. The van der Waals surface area contributed by atoms with Crippen LogP contribution in [0.25, 0.3) is 0 Å². The van der Waals surface area contributed by atoms with Crippen molar-refractivity contribution in [1.82, 2.24) is 0 Å². The number of fused-ring (bicyclic) bond motifs is 1. The van der Waals surface area contributed by atoms with Gasteiger partial charge < -0.3 is 10.6 Å². The molecule has 2 saturated heterocycles. The Balaban J connectivity index is 2.02. The summed E-state index contributed by atoms with van der Waals surface area (Å²) < 4.78 is 0. The number of rotatable bonds is 2. The first-order valence-corrected chi connectivity index (χ1v) is 5.42. The van der Waals surface area contributed by atoms with Gasteiger partial charge in [-0.1, -0.05) is 18.2 Å². The maximum Gasteiger partial charge on any atom is 0.230 e. The van der Waals surface area contributed by atoms with Crippen molar-refractivity contribution in [2.75, 3.05) is 4.90 Å². The Morgan fingerprint density at radius 3 is 2.67 bits per heavy atom. The van der Waals surface area contributed by atoms with E-state index in [-0.39, 0.29) is 0 Å². The third-order valence-corrected chi connectivity index (χ3v) is 3.54. The van der Waals surface area contributed by atoms with E-state index < -0.39 is 0 Å². The Morgan fingerprint density at radius 2 is 2.07 bits per heavy atom. The molecule has 3 heteroatoms. The molecule has 0 unspecified atom stereocenters. The smallest absolute Gasteiger partial charge is 0.230 e. The standard InChI is InChI=1S/C12H14N2O/c13-7-8-3-1-2-4-11(8)14-10-5-9(6-10)12(14)15/h1-4,9-10H,5-7,13H2. The number of hydrogen-bond donors (Lipinski definition) is 1. The van der Waals surface area contributed by atoms with Gasteiger partial charge in [-0.3, -0.25) is 4.79 Å². The second kappa shape index (κ2) is 3.07. The zero-order valence-electron chi connectivity index (χ0n) is 8.52. The lowest BCUT2D eigenvalue weighted by Crippen LogP contribution is -2.30. The van der Waals surface area contributed by atoms with Crippen molar-refractivity contribution in [1.29, 1.82) is 0 Å². The van der Waals surface area contributed by atoms with Gasteiger partial charge in [-0.2, -0.15) is 0 Å². The fourth-order valence-corrected chi connectivity index (χ4v) is 2.61. The number of nitrogens with zero attached hydrogens (tertiary/aromatic N) is 1. The number of nitrogens with two attached hydrogens (primary N) is 1. The summed E-state index contributed by atoms with van der Waals surface area (Å²) in [4.78, 5) is 13.9. The van der Waals surface area contributed by atoms with E-state index in [1.807, 2.05) is 29.2 Å². The minimum atomic E-state index is 0.292. The zero-order valence-corrected chi connectivity index (χ0v) is 8.52. The summed E-state index contributed by atoms with van der Waals surface area (Å²) in [5, 5.41) is 0. The minimum Gasteiger partial charge on any atom is -0.326 e. The van der Waals surface area contributed by atoms with Gasteiger partial charge in [0.1, 0.15) is 0 Å². The largest absolute Gasteiger partial charge is 0.326 e. The molecule has 1 aliphatic carbocycles. The van der Waals surface area contributed by atoms with Gasteiger partial charge in [-0.25, -0.2) is 0 Å². The molecular formula is C12H14N2O. The van der Waals surface area contributed by atoms with E-state index in [4.69, 9.17) is 5.73 Å². The monoisotopic (exact) mass is 202 g/mol. The predicted octanol–water partition coefficient (Wildman–Crippen LogP) is 1.27.